The third-order valence-electron chi connectivity index (χ3n) is 4.94. The fourth-order valence-electron chi connectivity index (χ4n) is 3.14. The molecule has 32 heavy (non-hydrogen) atoms. The van der Waals surface area contributed by atoms with Crippen molar-refractivity contribution in [3.8, 4) is 0 Å². The highest BCUT2D eigenvalue weighted by Crippen LogP contribution is 2.24. The number of benzene rings is 1. The smallest absolute Gasteiger partial charge is 0.394 e. The van der Waals surface area contributed by atoms with E-state index in [0.717, 1.165) is 6.07 Å². The number of carbonyl (C=O) groups is 1. The van der Waals surface area contributed by atoms with Crippen molar-refractivity contribution in [3.05, 3.63) is 52.1 Å². The second-order valence-electron chi connectivity index (χ2n) is 7.12. The fraction of sp³-hybridized carbons (Fsp3) is 0.421. The maximum atomic E-state index is 13.7. The Morgan fingerprint density at radius 1 is 1.28 bits per heavy atom. The van der Waals surface area contributed by atoms with E-state index in [-0.39, 0.29) is 24.1 Å². The SMILES string of the molecule is O=C(N[C@H](CO)c1ccc(Cl)c(F)c1)N1CCc2cnc(NC(CO)C(F)(F)F)nc2C1. The fourth-order valence-corrected chi connectivity index (χ4v) is 3.25. The summed E-state index contributed by atoms with van der Waals surface area (Å²) in [5.74, 6) is -1.02. The highest BCUT2D eigenvalue weighted by molar-refractivity contribution is 6.30. The van der Waals surface area contributed by atoms with Crippen LogP contribution in [0.4, 0.5) is 28.3 Å². The Kier molecular flexibility index (Phi) is 7.36. The molecule has 1 aliphatic heterocycles. The number of hydrogen-bond donors (Lipinski definition) is 4. The Morgan fingerprint density at radius 3 is 2.66 bits per heavy atom. The normalized spacial score (nSPS) is 15.7. The predicted molar refractivity (Wildman–Crippen MR) is 106 cm³/mol. The van der Waals surface area contributed by atoms with Gasteiger partial charge in [-0.05, 0) is 29.7 Å². The lowest BCUT2D eigenvalue weighted by Crippen LogP contribution is -2.45. The van der Waals surface area contributed by atoms with Crippen LogP contribution in [-0.2, 0) is 13.0 Å². The van der Waals surface area contributed by atoms with Gasteiger partial charge >= 0.3 is 12.2 Å². The molecule has 2 aromatic rings. The summed E-state index contributed by atoms with van der Waals surface area (Å²) in [5.41, 5.74) is 1.34. The minimum atomic E-state index is -4.69. The van der Waals surface area contributed by atoms with Crippen molar-refractivity contribution in [2.75, 3.05) is 25.1 Å². The lowest BCUT2D eigenvalue weighted by atomic mass is 10.1. The Labute approximate surface area is 185 Å². The molecule has 0 saturated heterocycles. The van der Waals surface area contributed by atoms with Gasteiger partial charge in [0.2, 0.25) is 5.95 Å². The molecule has 2 atom stereocenters. The molecule has 1 unspecified atom stereocenters. The molecule has 2 heterocycles. The largest absolute Gasteiger partial charge is 0.410 e. The maximum Gasteiger partial charge on any atom is 0.410 e. The van der Waals surface area contributed by atoms with E-state index in [4.69, 9.17) is 16.7 Å². The highest BCUT2D eigenvalue weighted by Gasteiger charge is 2.40. The molecule has 3 rings (SSSR count). The van der Waals surface area contributed by atoms with E-state index in [2.05, 4.69) is 15.3 Å². The Hall–Kier alpha value is -2.70. The van der Waals surface area contributed by atoms with Crippen molar-refractivity contribution < 1.29 is 32.6 Å². The van der Waals surface area contributed by atoms with Crippen LogP contribution in [0.25, 0.3) is 0 Å². The topological polar surface area (TPSA) is 111 Å². The summed E-state index contributed by atoms with van der Waals surface area (Å²) in [6, 6.07) is 0.204. The zero-order chi connectivity index (χ0) is 23.5. The first-order chi connectivity index (χ1) is 15.1. The van der Waals surface area contributed by atoms with E-state index >= 15 is 0 Å². The zero-order valence-corrected chi connectivity index (χ0v) is 17.3. The number of aromatic nitrogens is 2. The number of aliphatic hydroxyl groups excluding tert-OH is 2. The molecule has 174 valence electrons. The average molecular weight is 478 g/mol. The predicted octanol–water partition coefficient (Wildman–Crippen LogP) is 2.41. The van der Waals surface area contributed by atoms with Gasteiger partial charge in [-0.3, -0.25) is 0 Å². The Bertz CT molecular complexity index is 978. The molecule has 13 heteroatoms. The molecular weight excluding hydrogens is 458 g/mol. The molecular formula is C19H20ClF4N5O3. The lowest BCUT2D eigenvalue weighted by Gasteiger charge is -2.30. The van der Waals surface area contributed by atoms with Crippen LogP contribution in [0.5, 0.6) is 0 Å². The van der Waals surface area contributed by atoms with Crippen molar-refractivity contribution in [3.63, 3.8) is 0 Å². The van der Waals surface area contributed by atoms with Crippen molar-refractivity contribution in [2.45, 2.75) is 31.2 Å². The Balaban J connectivity index is 1.70. The van der Waals surface area contributed by atoms with E-state index in [9.17, 15) is 27.5 Å². The minimum absolute atomic E-state index is 0.0126. The van der Waals surface area contributed by atoms with Crippen LogP contribution in [0.3, 0.4) is 0 Å². The molecule has 1 aromatic carbocycles. The number of nitrogens with one attached hydrogen (secondary N) is 2. The van der Waals surface area contributed by atoms with Crippen LogP contribution in [0, 0.1) is 5.82 Å². The van der Waals surface area contributed by atoms with Gasteiger partial charge in [0, 0.05) is 12.7 Å². The zero-order valence-electron chi connectivity index (χ0n) is 16.5. The van der Waals surface area contributed by atoms with Gasteiger partial charge in [-0.25, -0.2) is 19.2 Å². The Morgan fingerprint density at radius 2 is 2.03 bits per heavy atom. The number of anilines is 1. The van der Waals surface area contributed by atoms with E-state index < -0.39 is 43.3 Å². The number of rotatable bonds is 6. The lowest BCUT2D eigenvalue weighted by molar-refractivity contribution is -0.149. The molecule has 1 aliphatic rings. The minimum Gasteiger partial charge on any atom is -0.394 e. The number of hydrogen-bond acceptors (Lipinski definition) is 6. The summed E-state index contributed by atoms with van der Waals surface area (Å²) in [5, 5.41) is 23.1. The number of aliphatic hydroxyl groups is 2. The van der Waals surface area contributed by atoms with Crippen LogP contribution < -0.4 is 10.6 Å². The molecule has 0 fully saturated rings. The maximum absolute atomic E-state index is 13.7. The number of nitrogens with zero attached hydrogens (tertiary/aromatic N) is 3. The second-order valence-corrected chi connectivity index (χ2v) is 7.52. The molecule has 0 aliphatic carbocycles. The van der Waals surface area contributed by atoms with Crippen molar-refractivity contribution in [1.29, 1.82) is 0 Å². The quantitative estimate of drug-likeness (QED) is 0.476. The summed E-state index contributed by atoms with van der Waals surface area (Å²) >= 11 is 5.66. The average Bonchev–Trinajstić information content (AvgIpc) is 2.76. The molecule has 0 saturated carbocycles. The summed E-state index contributed by atoms with van der Waals surface area (Å²) in [6.45, 7) is -1.41. The number of halogens is 5. The molecule has 0 radical (unpaired) electrons. The first kappa shape index (κ1) is 24.0. The molecule has 8 nitrogen and oxygen atoms in total. The van der Waals surface area contributed by atoms with Crippen LogP contribution in [0.2, 0.25) is 5.02 Å². The van der Waals surface area contributed by atoms with Gasteiger partial charge in [-0.1, -0.05) is 17.7 Å². The summed E-state index contributed by atoms with van der Waals surface area (Å²) < 4.78 is 52.3. The van der Waals surface area contributed by atoms with Crippen LogP contribution in [0.15, 0.2) is 24.4 Å². The van der Waals surface area contributed by atoms with Gasteiger partial charge < -0.3 is 25.7 Å². The van der Waals surface area contributed by atoms with E-state index in [1.54, 1.807) is 0 Å². The van der Waals surface area contributed by atoms with Crippen molar-refractivity contribution >= 4 is 23.6 Å². The van der Waals surface area contributed by atoms with Crippen molar-refractivity contribution in [2.24, 2.45) is 0 Å². The van der Waals surface area contributed by atoms with Gasteiger partial charge in [0.1, 0.15) is 11.9 Å². The monoisotopic (exact) mass is 477 g/mol. The number of carbonyl (C=O) groups excluding carboxylic acids is 1. The molecule has 0 spiro atoms. The third-order valence-corrected chi connectivity index (χ3v) is 5.25. The standard InChI is InChI=1S/C19H20ClF4N5O3/c20-12-2-1-10(5-13(12)21)15(8-30)27-18(32)29-4-3-11-6-25-17(26-14(11)7-29)28-16(9-31)19(22,23)24/h1-2,5-6,15-16,30-31H,3-4,7-9H2,(H,27,32)(H,25,26,28)/t15-,16?/m1/s1. The van der Waals surface area contributed by atoms with E-state index in [1.165, 1.54) is 23.2 Å². The van der Waals surface area contributed by atoms with Gasteiger partial charge in [0.25, 0.3) is 0 Å². The van der Waals surface area contributed by atoms with Crippen LogP contribution >= 0.6 is 11.6 Å². The number of fused-ring (bicyclic) bond motifs is 1. The number of amides is 2. The van der Waals surface area contributed by atoms with Gasteiger partial charge in [0.05, 0.1) is 36.5 Å². The molecule has 4 N–H and O–H groups in total. The van der Waals surface area contributed by atoms with E-state index in [1.807, 2.05) is 5.32 Å². The first-order valence-corrected chi connectivity index (χ1v) is 9.90. The molecule has 0 bridgehead atoms. The van der Waals surface area contributed by atoms with Crippen molar-refractivity contribution in [1.82, 2.24) is 20.2 Å². The van der Waals surface area contributed by atoms with E-state index in [0.29, 0.717) is 23.2 Å². The van der Waals surface area contributed by atoms with Gasteiger partial charge in [-0.15, -0.1) is 0 Å². The van der Waals surface area contributed by atoms with Gasteiger partial charge in [-0.2, -0.15) is 13.2 Å². The number of urea groups is 1. The first-order valence-electron chi connectivity index (χ1n) is 9.52. The van der Waals surface area contributed by atoms with Gasteiger partial charge in [0.15, 0.2) is 0 Å². The summed E-state index contributed by atoms with van der Waals surface area (Å²) in [6.07, 6.45) is -2.96. The molecule has 1 aromatic heterocycles. The number of alkyl halides is 3. The third kappa shape index (κ3) is 5.56. The summed E-state index contributed by atoms with van der Waals surface area (Å²) in [7, 11) is 0. The summed E-state index contributed by atoms with van der Waals surface area (Å²) in [4.78, 5) is 22.0. The second kappa shape index (κ2) is 9.84. The van der Waals surface area contributed by atoms with Crippen LogP contribution in [0.1, 0.15) is 22.9 Å². The van der Waals surface area contributed by atoms with Crippen LogP contribution in [-0.4, -0.2) is 63.1 Å². The highest BCUT2D eigenvalue weighted by atomic mass is 35.5. The molecule has 2 amide bonds.